The second-order valence-corrected chi connectivity index (χ2v) is 8.24. The number of para-hydroxylation sites is 2. The molecule has 4 rings (SSSR count). The van der Waals surface area contributed by atoms with Crippen LogP contribution in [0.5, 0.6) is 0 Å². The minimum atomic E-state index is -2.73. The van der Waals surface area contributed by atoms with Gasteiger partial charge in [0.05, 0.1) is 16.8 Å². The SMILES string of the molecule is CC(=O)Nc1ccc(SCC(=O)Nc2ccc(-c3nc4ccccc4n3C(F)F)cc2)cc1. The quantitative estimate of drug-likeness (QED) is 0.338. The topological polar surface area (TPSA) is 76.0 Å². The summed E-state index contributed by atoms with van der Waals surface area (Å²) in [6.07, 6.45) is 0. The number of halogens is 2. The molecule has 0 aliphatic carbocycles. The molecule has 4 aromatic rings. The van der Waals surface area contributed by atoms with Gasteiger partial charge in [-0.05, 0) is 60.7 Å². The van der Waals surface area contributed by atoms with Gasteiger partial charge in [-0.1, -0.05) is 12.1 Å². The van der Waals surface area contributed by atoms with Crippen LogP contribution in [0.15, 0.2) is 77.7 Å². The van der Waals surface area contributed by atoms with E-state index in [1.165, 1.54) is 18.7 Å². The van der Waals surface area contributed by atoms with Crippen LogP contribution in [0.3, 0.4) is 0 Å². The summed E-state index contributed by atoms with van der Waals surface area (Å²) < 4.78 is 28.3. The number of hydrogen-bond acceptors (Lipinski definition) is 4. The van der Waals surface area contributed by atoms with Crippen molar-refractivity contribution in [3.05, 3.63) is 72.8 Å². The number of nitrogens with zero attached hydrogens (tertiary/aromatic N) is 2. The van der Waals surface area contributed by atoms with E-state index in [-0.39, 0.29) is 23.4 Å². The maximum absolute atomic E-state index is 13.7. The Balaban J connectivity index is 1.40. The molecule has 6 nitrogen and oxygen atoms in total. The fourth-order valence-electron chi connectivity index (χ4n) is 3.33. The number of benzene rings is 3. The van der Waals surface area contributed by atoms with Gasteiger partial charge in [-0.3, -0.25) is 14.2 Å². The molecule has 0 fully saturated rings. The van der Waals surface area contributed by atoms with Crippen LogP contribution in [-0.2, 0) is 9.59 Å². The van der Waals surface area contributed by atoms with Gasteiger partial charge in [-0.15, -0.1) is 11.8 Å². The van der Waals surface area contributed by atoms with Crippen LogP contribution in [0.25, 0.3) is 22.4 Å². The highest BCUT2D eigenvalue weighted by molar-refractivity contribution is 8.00. The summed E-state index contributed by atoms with van der Waals surface area (Å²) in [6, 6.07) is 20.6. The van der Waals surface area contributed by atoms with Gasteiger partial charge in [0, 0.05) is 28.8 Å². The van der Waals surface area contributed by atoms with E-state index in [1.54, 1.807) is 60.7 Å². The number of anilines is 2. The van der Waals surface area contributed by atoms with Crippen molar-refractivity contribution in [3.63, 3.8) is 0 Å². The maximum Gasteiger partial charge on any atom is 0.320 e. The average molecular weight is 467 g/mol. The monoisotopic (exact) mass is 466 g/mol. The molecule has 0 spiro atoms. The lowest BCUT2D eigenvalue weighted by molar-refractivity contribution is -0.114. The number of nitrogens with one attached hydrogen (secondary N) is 2. The van der Waals surface area contributed by atoms with Gasteiger partial charge in [0.15, 0.2) is 0 Å². The van der Waals surface area contributed by atoms with E-state index in [2.05, 4.69) is 15.6 Å². The molecule has 0 atom stereocenters. The van der Waals surface area contributed by atoms with Crippen molar-refractivity contribution < 1.29 is 18.4 Å². The zero-order chi connectivity index (χ0) is 23.4. The van der Waals surface area contributed by atoms with Crippen molar-refractivity contribution in [2.24, 2.45) is 0 Å². The van der Waals surface area contributed by atoms with E-state index in [0.717, 1.165) is 9.46 Å². The zero-order valence-electron chi connectivity index (χ0n) is 17.6. The number of amides is 2. The largest absolute Gasteiger partial charge is 0.326 e. The molecule has 0 aliphatic rings. The summed E-state index contributed by atoms with van der Waals surface area (Å²) in [6.45, 7) is -1.29. The van der Waals surface area contributed by atoms with Crippen LogP contribution in [0, 0.1) is 0 Å². The van der Waals surface area contributed by atoms with Gasteiger partial charge in [0.2, 0.25) is 11.8 Å². The minimum absolute atomic E-state index is 0.146. The number of carbonyl (C=O) groups is 2. The van der Waals surface area contributed by atoms with Gasteiger partial charge >= 0.3 is 6.55 Å². The third-order valence-corrected chi connectivity index (χ3v) is 5.77. The van der Waals surface area contributed by atoms with Gasteiger partial charge in [-0.2, -0.15) is 8.78 Å². The number of thioether (sulfide) groups is 1. The first-order valence-electron chi connectivity index (χ1n) is 10.1. The molecule has 0 aliphatic heterocycles. The van der Waals surface area contributed by atoms with Crippen molar-refractivity contribution >= 4 is 46.0 Å². The Kier molecular flexibility index (Phi) is 6.69. The number of aromatic nitrogens is 2. The van der Waals surface area contributed by atoms with E-state index in [0.29, 0.717) is 28.0 Å². The summed E-state index contributed by atoms with van der Waals surface area (Å²) in [7, 11) is 0. The maximum atomic E-state index is 13.7. The molecule has 0 radical (unpaired) electrons. The fraction of sp³-hybridized carbons (Fsp3) is 0.125. The van der Waals surface area contributed by atoms with Gasteiger partial charge < -0.3 is 10.6 Å². The predicted molar refractivity (Wildman–Crippen MR) is 127 cm³/mol. The van der Waals surface area contributed by atoms with Crippen molar-refractivity contribution in [2.75, 3.05) is 16.4 Å². The minimum Gasteiger partial charge on any atom is -0.326 e. The number of alkyl halides is 2. The molecular weight excluding hydrogens is 446 g/mol. The van der Waals surface area contributed by atoms with E-state index in [1.807, 2.05) is 12.1 Å². The summed E-state index contributed by atoms with van der Waals surface area (Å²) in [5.41, 5.74) is 2.63. The van der Waals surface area contributed by atoms with Gasteiger partial charge in [0.25, 0.3) is 0 Å². The number of fused-ring (bicyclic) bond motifs is 1. The van der Waals surface area contributed by atoms with Crippen molar-refractivity contribution in [1.29, 1.82) is 0 Å². The predicted octanol–water partition coefficient (Wildman–Crippen LogP) is 5.79. The fourth-order valence-corrected chi connectivity index (χ4v) is 4.03. The van der Waals surface area contributed by atoms with Crippen LogP contribution in [-0.4, -0.2) is 27.1 Å². The first-order valence-corrected chi connectivity index (χ1v) is 11.0. The molecule has 168 valence electrons. The molecule has 2 N–H and O–H groups in total. The average Bonchev–Trinajstić information content (AvgIpc) is 3.19. The molecule has 0 saturated heterocycles. The molecule has 9 heteroatoms. The number of rotatable bonds is 7. The lowest BCUT2D eigenvalue weighted by Crippen LogP contribution is -2.13. The molecule has 0 saturated carbocycles. The molecule has 0 unspecified atom stereocenters. The lowest BCUT2D eigenvalue weighted by atomic mass is 10.2. The molecule has 2 amide bonds. The Morgan fingerprint density at radius 3 is 2.24 bits per heavy atom. The first-order chi connectivity index (χ1) is 15.9. The smallest absolute Gasteiger partial charge is 0.320 e. The van der Waals surface area contributed by atoms with Crippen LogP contribution >= 0.6 is 11.8 Å². The first kappa shape index (κ1) is 22.5. The van der Waals surface area contributed by atoms with Crippen LogP contribution in [0.2, 0.25) is 0 Å². The van der Waals surface area contributed by atoms with Crippen LogP contribution < -0.4 is 10.6 Å². The normalized spacial score (nSPS) is 11.0. The van der Waals surface area contributed by atoms with E-state index >= 15 is 0 Å². The van der Waals surface area contributed by atoms with Gasteiger partial charge in [0.1, 0.15) is 5.82 Å². The highest BCUT2D eigenvalue weighted by atomic mass is 32.2. The lowest BCUT2D eigenvalue weighted by Gasteiger charge is -2.09. The molecule has 33 heavy (non-hydrogen) atoms. The van der Waals surface area contributed by atoms with Gasteiger partial charge in [-0.25, -0.2) is 4.98 Å². The standard InChI is InChI=1S/C24H20F2N4O2S/c1-15(31)27-17-10-12-19(13-11-17)33-14-22(32)28-18-8-6-16(7-9-18)23-29-20-4-2-3-5-21(20)30(23)24(25)26/h2-13,24H,14H2,1H3,(H,27,31)(H,28,32). The Hall–Kier alpha value is -3.72. The molecule has 1 aromatic heterocycles. The Morgan fingerprint density at radius 1 is 0.939 bits per heavy atom. The summed E-state index contributed by atoms with van der Waals surface area (Å²) >= 11 is 1.36. The van der Waals surface area contributed by atoms with E-state index in [4.69, 9.17) is 0 Å². The summed E-state index contributed by atoms with van der Waals surface area (Å²) in [5, 5.41) is 5.49. The van der Waals surface area contributed by atoms with E-state index < -0.39 is 6.55 Å². The number of imidazole rings is 1. The summed E-state index contributed by atoms with van der Waals surface area (Å²) in [4.78, 5) is 28.6. The Bertz CT molecular complexity index is 1290. The second kappa shape index (κ2) is 9.83. The van der Waals surface area contributed by atoms with Crippen molar-refractivity contribution in [2.45, 2.75) is 18.4 Å². The van der Waals surface area contributed by atoms with Crippen LogP contribution in [0.1, 0.15) is 13.5 Å². The molecule has 0 bridgehead atoms. The second-order valence-electron chi connectivity index (χ2n) is 7.19. The highest BCUT2D eigenvalue weighted by Crippen LogP contribution is 2.30. The summed E-state index contributed by atoms with van der Waals surface area (Å²) in [5.74, 6) is 0.0238. The third kappa shape index (κ3) is 5.38. The van der Waals surface area contributed by atoms with E-state index in [9.17, 15) is 18.4 Å². The zero-order valence-corrected chi connectivity index (χ0v) is 18.4. The Morgan fingerprint density at radius 2 is 1.58 bits per heavy atom. The number of carbonyl (C=O) groups excluding carboxylic acids is 2. The molecule has 3 aromatic carbocycles. The number of hydrogen-bond donors (Lipinski definition) is 2. The highest BCUT2D eigenvalue weighted by Gasteiger charge is 2.18. The third-order valence-electron chi connectivity index (χ3n) is 4.76. The van der Waals surface area contributed by atoms with Crippen molar-refractivity contribution in [1.82, 2.24) is 9.55 Å². The molecule has 1 heterocycles. The Labute approximate surface area is 193 Å². The van der Waals surface area contributed by atoms with Crippen LogP contribution in [0.4, 0.5) is 20.2 Å². The van der Waals surface area contributed by atoms with Crippen molar-refractivity contribution in [3.8, 4) is 11.4 Å². The molecular formula is C24H20F2N4O2S.